The second kappa shape index (κ2) is 7.45. The number of benzene rings is 2. The van der Waals surface area contributed by atoms with Crippen LogP contribution in [0.5, 0.6) is 0 Å². The fraction of sp³-hybridized carbons (Fsp3) is 0.0556. The Morgan fingerprint density at radius 1 is 0.923 bits per heavy atom. The molecular formula is C18H13Cl3N2O2S. The van der Waals surface area contributed by atoms with Crippen LogP contribution in [0.4, 0.5) is 5.82 Å². The van der Waals surface area contributed by atoms with Crippen molar-refractivity contribution in [1.29, 1.82) is 0 Å². The number of halogens is 3. The number of sulfonamides is 1. The van der Waals surface area contributed by atoms with Crippen molar-refractivity contribution in [3.63, 3.8) is 0 Å². The van der Waals surface area contributed by atoms with Crippen molar-refractivity contribution in [1.82, 2.24) is 4.98 Å². The van der Waals surface area contributed by atoms with E-state index in [1.165, 1.54) is 12.3 Å². The molecule has 2 aromatic carbocycles. The number of hydrogen-bond donors (Lipinski definition) is 1. The Kier molecular flexibility index (Phi) is 5.44. The summed E-state index contributed by atoms with van der Waals surface area (Å²) < 4.78 is 27.6. The number of hydrogen-bond acceptors (Lipinski definition) is 3. The van der Waals surface area contributed by atoms with Gasteiger partial charge in [-0.15, -0.1) is 0 Å². The average molecular weight is 428 g/mol. The molecular weight excluding hydrogens is 415 g/mol. The summed E-state index contributed by atoms with van der Waals surface area (Å²) >= 11 is 18.2. The van der Waals surface area contributed by atoms with Crippen LogP contribution in [0.2, 0.25) is 15.1 Å². The highest BCUT2D eigenvalue weighted by Gasteiger charge is 2.19. The smallest absolute Gasteiger partial charge is 0.263 e. The van der Waals surface area contributed by atoms with E-state index in [-0.39, 0.29) is 10.7 Å². The second-order valence-corrected chi connectivity index (χ2v) is 8.35. The summed E-state index contributed by atoms with van der Waals surface area (Å²) in [4.78, 5) is 4.27. The highest BCUT2D eigenvalue weighted by molar-refractivity contribution is 7.92. The third-order valence-corrected chi connectivity index (χ3v) is 6.50. The topological polar surface area (TPSA) is 59.1 Å². The van der Waals surface area contributed by atoms with E-state index < -0.39 is 10.0 Å². The highest BCUT2D eigenvalue weighted by atomic mass is 35.5. The molecule has 0 spiro atoms. The van der Waals surface area contributed by atoms with Gasteiger partial charge in [0.15, 0.2) is 0 Å². The standard InChI is InChI=1S/C18H13Cl3N2O2S/c1-11-14(19)5-3-7-16(11)26(24,25)23-17-9-8-12(10-22-17)13-4-2-6-15(20)18(13)21/h2-10H,1H3,(H,22,23). The first kappa shape index (κ1) is 19.0. The molecule has 26 heavy (non-hydrogen) atoms. The van der Waals surface area contributed by atoms with E-state index in [9.17, 15) is 8.42 Å². The monoisotopic (exact) mass is 426 g/mol. The molecule has 0 fully saturated rings. The molecule has 1 N–H and O–H groups in total. The lowest BCUT2D eigenvalue weighted by Crippen LogP contribution is -2.15. The Labute approximate surface area is 166 Å². The first-order chi connectivity index (χ1) is 12.3. The number of pyridine rings is 1. The summed E-state index contributed by atoms with van der Waals surface area (Å²) in [6, 6.07) is 13.3. The molecule has 0 amide bonds. The van der Waals surface area contributed by atoms with E-state index >= 15 is 0 Å². The van der Waals surface area contributed by atoms with Crippen LogP contribution in [-0.4, -0.2) is 13.4 Å². The molecule has 0 saturated carbocycles. The van der Waals surface area contributed by atoms with Gasteiger partial charge in [0.1, 0.15) is 5.82 Å². The fourth-order valence-corrected chi connectivity index (χ4v) is 4.33. The maximum absolute atomic E-state index is 12.6. The largest absolute Gasteiger partial charge is 0.263 e. The highest BCUT2D eigenvalue weighted by Crippen LogP contribution is 2.33. The molecule has 4 nitrogen and oxygen atoms in total. The van der Waals surface area contributed by atoms with Crippen LogP contribution < -0.4 is 4.72 Å². The molecule has 0 bridgehead atoms. The summed E-state index contributed by atoms with van der Waals surface area (Å²) in [7, 11) is -3.80. The minimum Gasteiger partial charge on any atom is -0.263 e. The van der Waals surface area contributed by atoms with Crippen molar-refractivity contribution in [3.8, 4) is 11.1 Å². The van der Waals surface area contributed by atoms with Crippen molar-refractivity contribution in [3.05, 3.63) is 75.4 Å². The molecule has 0 unspecified atom stereocenters. The van der Waals surface area contributed by atoms with Crippen molar-refractivity contribution < 1.29 is 8.42 Å². The van der Waals surface area contributed by atoms with Crippen LogP contribution in [0.3, 0.4) is 0 Å². The number of aromatic nitrogens is 1. The molecule has 0 saturated heterocycles. The molecule has 1 heterocycles. The Hall–Kier alpha value is -1.79. The predicted octanol–water partition coefficient (Wildman–Crippen LogP) is 5.82. The minimum absolute atomic E-state index is 0.105. The normalized spacial score (nSPS) is 11.4. The Bertz CT molecular complexity index is 1070. The lowest BCUT2D eigenvalue weighted by atomic mass is 10.1. The predicted molar refractivity (Wildman–Crippen MR) is 107 cm³/mol. The van der Waals surface area contributed by atoms with Gasteiger partial charge in [-0.2, -0.15) is 0 Å². The van der Waals surface area contributed by atoms with Crippen LogP contribution >= 0.6 is 34.8 Å². The third-order valence-electron chi connectivity index (χ3n) is 3.77. The Morgan fingerprint density at radius 2 is 1.62 bits per heavy atom. The summed E-state index contributed by atoms with van der Waals surface area (Å²) in [5.74, 6) is 0.186. The fourth-order valence-electron chi connectivity index (χ4n) is 2.41. The zero-order valence-corrected chi connectivity index (χ0v) is 16.6. The van der Waals surface area contributed by atoms with Gasteiger partial charge in [0.2, 0.25) is 0 Å². The zero-order chi connectivity index (χ0) is 18.9. The first-order valence-corrected chi connectivity index (χ1v) is 10.1. The van der Waals surface area contributed by atoms with E-state index in [2.05, 4.69) is 9.71 Å². The molecule has 3 aromatic rings. The van der Waals surface area contributed by atoms with E-state index in [4.69, 9.17) is 34.8 Å². The van der Waals surface area contributed by atoms with Gasteiger partial charge in [0.05, 0.1) is 14.9 Å². The van der Waals surface area contributed by atoms with Gasteiger partial charge in [-0.05, 0) is 42.8 Å². The molecule has 0 aliphatic rings. The molecule has 1 aromatic heterocycles. The maximum Gasteiger partial charge on any atom is 0.263 e. The van der Waals surface area contributed by atoms with Crippen molar-refractivity contribution >= 4 is 50.6 Å². The Balaban J connectivity index is 1.90. The number of nitrogens with one attached hydrogen (secondary N) is 1. The molecule has 0 aliphatic heterocycles. The van der Waals surface area contributed by atoms with Crippen LogP contribution in [0.15, 0.2) is 59.6 Å². The van der Waals surface area contributed by atoms with Crippen molar-refractivity contribution in [2.45, 2.75) is 11.8 Å². The molecule has 0 aliphatic carbocycles. The van der Waals surface area contributed by atoms with Crippen LogP contribution in [-0.2, 0) is 10.0 Å². The van der Waals surface area contributed by atoms with Crippen molar-refractivity contribution in [2.75, 3.05) is 4.72 Å². The van der Waals surface area contributed by atoms with E-state index in [0.29, 0.717) is 26.2 Å². The van der Waals surface area contributed by atoms with Gasteiger partial charge in [-0.1, -0.05) is 53.0 Å². The number of nitrogens with zero attached hydrogens (tertiary/aromatic N) is 1. The second-order valence-electron chi connectivity index (χ2n) is 5.50. The van der Waals surface area contributed by atoms with Gasteiger partial charge >= 0.3 is 0 Å². The minimum atomic E-state index is -3.80. The van der Waals surface area contributed by atoms with Gasteiger partial charge in [-0.25, -0.2) is 13.4 Å². The Morgan fingerprint density at radius 3 is 2.31 bits per heavy atom. The van der Waals surface area contributed by atoms with E-state index in [1.807, 2.05) is 6.07 Å². The van der Waals surface area contributed by atoms with Gasteiger partial charge < -0.3 is 0 Å². The van der Waals surface area contributed by atoms with E-state index in [0.717, 1.165) is 5.56 Å². The van der Waals surface area contributed by atoms with Crippen LogP contribution in [0.1, 0.15) is 5.56 Å². The molecule has 0 radical (unpaired) electrons. The third kappa shape index (κ3) is 3.81. The molecule has 0 atom stereocenters. The first-order valence-electron chi connectivity index (χ1n) is 7.48. The number of rotatable bonds is 4. The average Bonchev–Trinajstić information content (AvgIpc) is 2.60. The van der Waals surface area contributed by atoms with Gasteiger partial charge in [0.25, 0.3) is 10.0 Å². The maximum atomic E-state index is 12.6. The van der Waals surface area contributed by atoms with Crippen LogP contribution in [0.25, 0.3) is 11.1 Å². The summed E-state index contributed by atoms with van der Waals surface area (Å²) in [6.45, 7) is 1.65. The SMILES string of the molecule is Cc1c(Cl)cccc1S(=O)(=O)Nc1ccc(-c2cccc(Cl)c2Cl)cn1. The summed E-state index contributed by atoms with van der Waals surface area (Å²) in [5, 5.41) is 1.23. The van der Waals surface area contributed by atoms with E-state index in [1.54, 1.807) is 43.3 Å². The van der Waals surface area contributed by atoms with Gasteiger partial charge in [-0.3, -0.25) is 4.72 Å². The zero-order valence-electron chi connectivity index (χ0n) is 13.5. The molecule has 3 rings (SSSR count). The van der Waals surface area contributed by atoms with Crippen LogP contribution in [0, 0.1) is 6.92 Å². The summed E-state index contributed by atoms with van der Waals surface area (Å²) in [5.41, 5.74) is 1.91. The van der Waals surface area contributed by atoms with Gasteiger partial charge in [0, 0.05) is 22.3 Å². The summed E-state index contributed by atoms with van der Waals surface area (Å²) in [6.07, 6.45) is 1.53. The number of anilines is 1. The lowest BCUT2D eigenvalue weighted by molar-refractivity contribution is 0.600. The molecule has 134 valence electrons. The van der Waals surface area contributed by atoms with Crippen molar-refractivity contribution in [2.24, 2.45) is 0 Å². The lowest BCUT2D eigenvalue weighted by Gasteiger charge is -2.11. The quantitative estimate of drug-likeness (QED) is 0.571. The molecule has 8 heteroatoms.